The Bertz CT molecular complexity index is 1200. The largest absolute Gasteiger partial charge is 0.348 e. The molecule has 0 radical (unpaired) electrons. The minimum absolute atomic E-state index is 0.00165. The molecule has 0 unspecified atom stereocenters. The lowest BCUT2D eigenvalue weighted by molar-refractivity contribution is -0.384. The van der Waals surface area contributed by atoms with Crippen molar-refractivity contribution in [1.29, 1.82) is 0 Å². The van der Waals surface area contributed by atoms with E-state index >= 15 is 0 Å². The van der Waals surface area contributed by atoms with E-state index in [1.165, 1.54) is 18.2 Å². The van der Waals surface area contributed by atoms with Crippen LogP contribution in [0.25, 0.3) is 0 Å². The number of rotatable bonds is 9. The van der Waals surface area contributed by atoms with Crippen molar-refractivity contribution in [3.63, 3.8) is 0 Å². The molecule has 3 aromatic rings. The number of benzene rings is 3. The molecule has 0 saturated heterocycles. The number of non-ortho nitro benzene ring substituents is 1. The molecular weight excluding hydrogens is 456 g/mol. The number of nitro benzene ring substituents is 1. The molecule has 0 aliphatic heterocycles. The number of nitro groups is 1. The van der Waals surface area contributed by atoms with E-state index in [4.69, 9.17) is 11.6 Å². The molecule has 34 heavy (non-hydrogen) atoms. The molecule has 0 aromatic heterocycles. The lowest BCUT2D eigenvalue weighted by Gasteiger charge is -2.18. The molecule has 0 saturated carbocycles. The Morgan fingerprint density at radius 3 is 2.47 bits per heavy atom. The van der Waals surface area contributed by atoms with E-state index in [1.807, 2.05) is 31.2 Å². The van der Waals surface area contributed by atoms with E-state index in [1.54, 1.807) is 36.2 Å². The number of para-hydroxylation sites is 1. The molecule has 0 bridgehead atoms. The van der Waals surface area contributed by atoms with Crippen LogP contribution in [0, 0.1) is 17.0 Å². The summed E-state index contributed by atoms with van der Waals surface area (Å²) in [5, 5.41) is 17.0. The highest BCUT2D eigenvalue weighted by Crippen LogP contribution is 2.23. The van der Waals surface area contributed by atoms with Crippen LogP contribution in [0.4, 0.5) is 11.4 Å². The number of carbonyl (C=O) groups is 2. The monoisotopic (exact) mass is 480 g/mol. The fourth-order valence-electron chi connectivity index (χ4n) is 3.35. The van der Waals surface area contributed by atoms with Gasteiger partial charge in [0.1, 0.15) is 0 Å². The number of anilines is 1. The highest BCUT2D eigenvalue weighted by molar-refractivity contribution is 6.31. The maximum absolute atomic E-state index is 12.7. The SMILES string of the molecule is Cc1ccc(CNC(=O)c2ccccc2NC(=O)CN(C)Cc2cc([N+](=O)[O-])ccc2Cl)cc1. The van der Waals surface area contributed by atoms with Crippen LogP contribution in [-0.4, -0.2) is 35.2 Å². The number of nitrogens with zero attached hydrogens (tertiary/aromatic N) is 2. The van der Waals surface area contributed by atoms with Gasteiger partial charge in [-0.05, 0) is 43.3 Å². The van der Waals surface area contributed by atoms with E-state index in [0.717, 1.165) is 11.1 Å². The molecule has 8 nitrogen and oxygen atoms in total. The first kappa shape index (κ1) is 24.9. The van der Waals surface area contributed by atoms with Crippen LogP contribution < -0.4 is 10.6 Å². The minimum Gasteiger partial charge on any atom is -0.348 e. The van der Waals surface area contributed by atoms with Crippen molar-refractivity contribution < 1.29 is 14.5 Å². The van der Waals surface area contributed by atoms with Gasteiger partial charge >= 0.3 is 0 Å². The maximum atomic E-state index is 12.7. The lowest BCUT2D eigenvalue weighted by atomic mass is 10.1. The zero-order valence-electron chi connectivity index (χ0n) is 18.9. The number of aryl methyl sites for hydroxylation is 1. The second-order valence-electron chi connectivity index (χ2n) is 7.97. The van der Waals surface area contributed by atoms with Gasteiger partial charge in [-0.3, -0.25) is 24.6 Å². The van der Waals surface area contributed by atoms with Gasteiger partial charge < -0.3 is 10.6 Å². The molecule has 0 heterocycles. The first-order valence-electron chi connectivity index (χ1n) is 10.6. The average molecular weight is 481 g/mol. The van der Waals surface area contributed by atoms with Gasteiger partial charge in [0.2, 0.25) is 5.91 Å². The molecule has 0 fully saturated rings. The Balaban J connectivity index is 1.60. The number of amides is 2. The molecule has 3 rings (SSSR count). The van der Waals surface area contributed by atoms with Gasteiger partial charge in [0.25, 0.3) is 11.6 Å². The molecule has 9 heteroatoms. The van der Waals surface area contributed by atoms with Gasteiger partial charge in [-0.25, -0.2) is 0 Å². The fourth-order valence-corrected chi connectivity index (χ4v) is 3.53. The van der Waals surface area contributed by atoms with Crippen LogP contribution in [0.5, 0.6) is 0 Å². The third kappa shape index (κ3) is 6.87. The fraction of sp³-hybridized carbons (Fsp3) is 0.200. The molecule has 2 amide bonds. The van der Waals surface area contributed by atoms with Crippen LogP contribution in [0.3, 0.4) is 0 Å². The van der Waals surface area contributed by atoms with Gasteiger partial charge in [-0.1, -0.05) is 53.6 Å². The van der Waals surface area contributed by atoms with Crippen molar-refractivity contribution in [2.45, 2.75) is 20.0 Å². The van der Waals surface area contributed by atoms with E-state index < -0.39 is 4.92 Å². The van der Waals surface area contributed by atoms with Crippen LogP contribution >= 0.6 is 11.6 Å². The zero-order valence-corrected chi connectivity index (χ0v) is 19.6. The van der Waals surface area contributed by atoms with Gasteiger partial charge in [-0.15, -0.1) is 0 Å². The first-order valence-corrected chi connectivity index (χ1v) is 10.9. The second kappa shape index (κ2) is 11.4. The van der Waals surface area contributed by atoms with Crippen molar-refractivity contribution in [1.82, 2.24) is 10.2 Å². The molecule has 2 N–H and O–H groups in total. The number of hydrogen-bond donors (Lipinski definition) is 2. The van der Waals surface area contributed by atoms with Gasteiger partial charge in [0.05, 0.1) is 22.7 Å². The van der Waals surface area contributed by atoms with Crippen molar-refractivity contribution >= 4 is 34.8 Å². The molecular formula is C25H25ClN4O4. The lowest BCUT2D eigenvalue weighted by Crippen LogP contribution is -2.31. The summed E-state index contributed by atoms with van der Waals surface area (Å²) in [5.41, 5.74) is 3.34. The van der Waals surface area contributed by atoms with Crippen LogP contribution in [0.1, 0.15) is 27.0 Å². The Morgan fingerprint density at radius 2 is 1.76 bits per heavy atom. The topological polar surface area (TPSA) is 105 Å². The Kier molecular flexibility index (Phi) is 8.34. The summed E-state index contributed by atoms with van der Waals surface area (Å²) in [7, 11) is 1.70. The average Bonchev–Trinajstić information content (AvgIpc) is 2.80. The molecule has 0 aliphatic carbocycles. The Hall–Kier alpha value is -3.75. The highest BCUT2D eigenvalue weighted by Gasteiger charge is 2.16. The predicted octanol–water partition coefficient (Wildman–Crippen LogP) is 4.56. The number of likely N-dealkylation sites (N-methyl/N-ethyl adjacent to an activating group) is 1. The maximum Gasteiger partial charge on any atom is 0.269 e. The molecule has 3 aromatic carbocycles. The second-order valence-corrected chi connectivity index (χ2v) is 8.37. The summed E-state index contributed by atoms with van der Waals surface area (Å²) < 4.78 is 0. The van der Waals surface area contributed by atoms with E-state index in [0.29, 0.717) is 28.4 Å². The first-order chi connectivity index (χ1) is 16.2. The Labute approximate surface area is 202 Å². The Morgan fingerprint density at radius 1 is 1.06 bits per heavy atom. The number of nitrogens with one attached hydrogen (secondary N) is 2. The van der Waals surface area contributed by atoms with Crippen molar-refractivity contribution in [2.75, 3.05) is 18.9 Å². The predicted molar refractivity (Wildman–Crippen MR) is 132 cm³/mol. The van der Waals surface area contributed by atoms with Crippen molar-refractivity contribution in [3.8, 4) is 0 Å². The summed E-state index contributed by atoms with van der Waals surface area (Å²) in [6, 6.07) is 18.8. The highest BCUT2D eigenvalue weighted by atomic mass is 35.5. The van der Waals surface area contributed by atoms with Crippen molar-refractivity contribution in [2.24, 2.45) is 0 Å². The molecule has 0 atom stereocenters. The van der Waals surface area contributed by atoms with Crippen LogP contribution in [-0.2, 0) is 17.9 Å². The standard InChI is InChI=1S/C25H25ClN4O4/c1-17-7-9-18(10-8-17)14-27-25(32)21-5-3-4-6-23(21)28-24(31)16-29(2)15-19-13-20(30(33)34)11-12-22(19)26/h3-13H,14-16H2,1-2H3,(H,27,32)(H,28,31). The summed E-state index contributed by atoms with van der Waals surface area (Å²) in [6.07, 6.45) is 0. The number of halogens is 1. The molecule has 0 spiro atoms. The van der Waals surface area contributed by atoms with E-state index in [9.17, 15) is 19.7 Å². The summed E-state index contributed by atoms with van der Waals surface area (Å²) in [6.45, 7) is 2.61. The zero-order chi connectivity index (χ0) is 24.7. The summed E-state index contributed by atoms with van der Waals surface area (Å²) >= 11 is 6.15. The quantitative estimate of drug-likeness (QED) is 0.345. The van der Waals surface area contributed by atoms with E-state index in [2.05, 4.69) is 10.6 Å². The minimum atomic E-state index is -0.493. The third-order valence-electron chi connectivity index (χ3n) is 5.11. The summed E-state index contributed by atoms with van der Waals surface area (Å²) in [5.74, 6) is -0.629. The molecule has 0 aliphatic rings. The van der Waals surface area contributed by atoms with Gasteiger partial charge in [0, 0.05) is 30.2 Å². The van der Waals surface area contributed by atoms with E-state index in [-0.39, 0.29) is 30.6 Å². The number of carbonyl (C=O) groups excluding carboxylic acids is 2. The van der Waals surface area contributed by atoms with Gasteiger partial charge in [0.15, 0.2) is 0 Å². The smallest absolute Gasteiger partial charge is 0.269 e. The normalized spacial score (nSPS) is 10.7. The summed E-state index contributed by atoms with van der Waals surface area (Å²) in [4.78, 5) is 37.6. The molecule has 176 valence electrons. The van der Waals surface area contributed by atoms with Gasteiger partial charge in [-0.2, -0.15) is 0 Å². The van der Waals surface area contributed by atoms with Crippen molar-refractivity contribution in [3.05, 3.63) is 104 Å². The number of hydrogen-bond acceptors (Lipinski definition) is 5. The van der Waals surface area contributed by atoms with Crippen LogP contribution in [0.15, 0.2) is 66.7 Å². The third-order valence-corrected chi connectivity index (χ3v) is 5.48. The van der Waals surface area contributed by atoms with Crippen LogP contribution in [0.2, 0.25) is 5.02 Å².